The van der Waals surface area contributed by atoms with Gasteiger partial charge in [-0.05, 0) is 36.0 Å². The highest BCUT2D eigenvalue weighted by molar-refractivity contribution is 9.10. The van der Waals surface area contributed by atoms with E-state index in [1.165, 1.54) is 0 Å². The number of rotatable bonds is 5. The molecule has 0 fully saturated rings. The summed E-state index contributed by atoms with van der Waals surface area (Å²) in [5, 5.41) is 11.9. The number of nitriles is 1. The highest BCUT2D eigenvalue weighted by Gasteiger charge is 2.14. The van der Waals surface area contributed by atoms with Crippen LogP contribution in [0.15, 0.2) is 59.1 Å². The summed E-state index contributed by atoms with van der Waals surface area (Å²) in [5.41, 5.74) is 1.58. The third kappa shape index (κ3) is 5.44. The van der Waals surface area contributed by atoms with Crippen LogP contribution in [0, 0.1) is 11.3 Å². The Labute approximate surface area is 155 Å². The summed E-state index contributed by atoms with van der Waals surface area (Å²) in [5.74, 6) is -0.267. The summed E-state index contributed by atoms with van der Waals surface area (Å²) < 4.78 is 0.826. The standard InChI is InChI=1S/C18H16BrN3OS/c19-16-9-4-8-15(12-16)17(23)21-18(24)22(11-5-10-20)13-14-6-2-1-3-7-14/h1-4,6-9,12H,5,11,13H2,(H,21,23,24). The summed E-state index contributed by atoms with van der Waals surface area (Å²) in [7, 11) is 0. The van der Waals surface area contributed by atoms with Gasteiger partial charge in [-0.3, -0.25) is 10.1 Å². The van der Waals surface area contributed by atoms with Crippen molar-refractivity contribution in [1.82, 2.24) is 10.2 Å². The number of nitrogens with zero attached hydrogens (tertiary/aromatic N) is 2. The molecular formula is C18H16BrN3OS. The van der Waals surface area contributed by atoms with Gasteiger partial charge in [0.15, 0.2) is 5.11 Å². The van der Waals surface area contributed by atoms with E-state index < -0.39 is 0 Å². The first-order chi connectivity index (χ1) is 11.6. The van der Waals surface area contributed by atoms with Gasteiger partial charge in [0.1, 0.15) is 0 Å². The monoisotopic (exact) mass is 401 g/mol. The van der Waals surface area contributed by atoms with Crippen LogP contribution >= 0.6 is 28.1 Å². The Bertz CT molecular complexity index is 758. The van der Waals surface area contributed by atoms with Gasteiger partial charge in [-0.1, -0.05) is 52.3 Å². The first-order valence-corrected chi connectivity index (χ1v) is 8.57. The van der Waals surface area contributed by atoms with Crippen LogP contribution in [0.4, 0.5) is 0 Å². The molecule has 24 heavy (non-hydrogen) atoms. The molecule has 0 radical (unpaired) electrons. The molecule has 0 aromatic heterocycles. The van der Waals surface area contributed by atoms with Gasteiger partial charge < -0.3 is 4.90 Å². The van der Waals surface area contributed by atoms with Crippen molar-refractivity contribution >= 4 is 39.2 Å². The van der Waals surface area contributed by atoms with Gasteiger partial charge in [0.25, 0.3) is 5.91 Å². The summed E-state index contributed by atoms with van der Waals surface area (Å²) in [6.45, 7) is 1.00. The largest absolute Gasteiger partial charge is 0.344 e. The molecule has 2 rings (SSSR count). The SMILES string of the molecule is N#CCCN(Cc1ccccc1)C(=S)NC(=O)c1cccc(Br)c1. The Balaban J connectivity index is 2.06. The van der Waals surface area contributed by atoms with E-state index in [9.17, 15) is 4.79 Å². The molecule has 0 saturated heterocycles. The lowest BCUT2D eigenvalue weighted by atomic mass is 10.2. The van der Waals surface area contributed by atoms with E-state index in [0.29, 0.717) is 30.2 Å². The Morgan fingerprint density at radius 2 is 1.96 bits per heavy atom. The van der Waals surface area contributed by atoms with Crippen LogP contribution in [-0.2, 0) is 6.54 Å². The minimum atomic E-state index is -0.267. The van der Waals surface area contributed by atoms with Gasteiger partial charge in [-0.25, -0.2) is 0 Å². The van der Waals surface area contributed by atoms with Crippen molar-refractivity contribution in [2.45, 2.75) is 13.0 Å². The van der Waals surface area contributed by atoms with Gasteiger partial charge >= 0.3 is 0 Å². The lowest BCUT2D eigenvalue weighted by Crippen LogP contribution is -2.42. The maximum Gasteiger partial charge on any atom is 0.257 e. The number of carbonyl (C=O) groups is 1. The second kappa shape index (κ2) is 9.16. The topological polar surface area (TPSA) is 56.1 Å². The van der Waals surface area contributed by atoms with Crippen LogP contribution in [0.1, 0.15) is 22.3 Å². The molecule has 122 valence electrons. The van der Waals surface area contributed by atoms with Crippen molar-refractivity contribution in [3.63, 3.8) is 0 Å². The number of thiocarbonyl (C=S) groups is 1. The van der Waals surface area contributed by atoms with Gasteiger partial charge in [-0.15, -0.1) is 0 Å². The van der Waals surface area contributed by atoms with Gasteiger partial charge in [-0.2, -0.15) is 5.26 Å². The smallest absolute Gasteiger partial charge is 0.257 e. The number of nitrogens with one attached hydrogen (secondary N) is 1. The highest BCUT2D eigenvalue weighted by atomic mass is 79.9. The molecule has 0 aliphatic carbocycles. The van der Waals surface area contributed by atoms with Crippen LogP contribution in [0.5, 0.6) is 0 Å². The van der Waals surface area contributed by atoms with Crippen molar-refractivity contribution in [2.75, 3.05) is 6.54 Å². The van der Waals surface area contributed by atoms with Crippen molar-refractivity contribution in [3.05, 3.63) is 70.2 Å². The van der Waals surface area contributed by atoms with E-state index >= 15 is 0 Å². The van der Waals surface area contributed by atoms with E-state index in [1.54, 1.807) is 18.2 Å². The number of benzene rings is 2. The minimum Gasteiger partial charge on any atom is -0.344 e. The lowest BCUT2D eigenvalue weighted by Gasteiger charge is -2.24. The molecule has 1 amide bonds. The van der Waals surface area contributed by atoms with Crippen molar-refractivity contribution in [1.29, 1.82) is 5.26 Å². The van der Waals surface area contributed by atoms with Crippen LogP contribution in [0.25, 0.3) is 0 Å². The van der Waals surface area contributed by atoms with Gasteiger partial charge in [0, 0.05) is 23.1 Å². The predicted octanol–water partition coefficient (Wildman–Crippen LogP) is 3.88. The van der Waals surface area contributed by atoms with Crippen molar-refractivity contribution in [2.24, 2.45) is 0 Å². The van der Waals surface area contributed by atoms with E-state index in [1.807, 2.05) is 41.3 Å². The van der Waals surface area contributed by atoms with E-state index in [2.05, 4.69) is 27.3 Å². The maximum atomic E-state index is 12.3. The zero-order chi connectivity index (χ0) is 17.4. The van der Waals surface area contributed by atoms with Crippen molar-refractivity contribution in [3.8, 4) is 6.07 Å². The first-order valence-electron chi connectivity index (χ1n) is 7.37. The Morgan fingerprint density at radius 3 is 2.62 bits per heavy atom. The number of amides is 1. The summed E-state index contributed by atoms with van der Waals surface area (Å²) >= 11 is 8.71. The number of hydrogen-bond acceptors (Lipinski definition) is 3. The van der Waals surface area contributed by atoms with Crippen molar-refractivity contribution < 1.29 is 4.79 Å². The Morgan fingerprint density at radius 1 is 1.21 bits per heavy atom. The minimum absolute atomic E-state index is 0.267. The zero-order valence-corrected chi connectivity index (χ0v) is 15.3. The number of hydrogen-bond donors (Lipinski definition) is 1. The molecule has 0 atom stereocenters. The third-order valence-corrected chi connectivity index (χ3v) is 4.16. The molecule has 0 spiro atoms. The molecule has 0 heterocycles. The zero-order valence-electron chi connectivity index (χ0n) is 12.9. The van der Waals surface area contributed by atoms with E-state index in [-0.39, 0.29) is 5.91 Å². The average molecular weight is 402 g/mol. The summed E-state index contributed by atoms with van der Waals surface area (Å²) in [6.07, 6.45) is 0.333. The molecule has 2 aromatic rings. The second-order valence-electron chi connectivity index (χ2n) is 5.08. The fraction of sp³-hybridized carbons (Fsp3) is 0.167. The molecule has 0 bridgehead atoms. The first kappa shape index (κ1) is 18.1. The molecule has 1 N–H and O–H groups in total. The molecular weight excluding hydrogens is 386 g/mol. The number of carbonyl (C=O) groups excluding carboxylic acids is 1. The quantitative estimate of drug-likeness (QED) is 0.772. The molecule has 0 aliphatic heterocycles. The van der Waals surface area contributed by atoms with Crippen LogP contribution in [-0.4, -0.2) is 22.5 Å². The lowest BCUT2D eigenvalue weighted by molar-refractivity contribution is 0.0973. The van der Waals surface area contributed by atoms with Crippen LogP contribution in [0.3, 0.4) is 0 Å². The second-order valence-corrected chi connectivity index (χ2v) is 6.39. The van der Waals surface area contributed by atoms with Gasteiger partial charge in [0.05, 0.1) is 12.5 Å². The molecule has 6 heteroatoms. The predicted molar refractivity (Wildman–Crippen MR) is 101 cm³/mol. The third-order valence-electron chi connectivity index (χ3n) is 3.30. The Kier molecular flexibility index (Phi) is 6.91. The van der Waals surface area contributed by atoms with E-state index in [4.69, 9.17) is 17.5 Å². The van der Waals surface area contributed by atoms with Gasteiger partial charge in [0.2, 0.25) is 0 Å². The normalized spacial score (nSPS) is 9.83. The molecule has 0 saturated carbocycles. The van der Waals surface area contributed by atoms with E-state index in [0.717, 1.165) is 10.0 Å². The highest BCUT2D eigenvalue weighted by Crippen LogP contribution is 2.12. The number of halogens is 1. The fourth-order valence-electron chi connectivity index (χ4n) is 2.12. The van der Waals surface area contributed by atoms with Crippen LogP contribution < -0.4 is 5.32 Å². The molecule has 0 unspecified atom stereocenters. The summed E-state index contributed by atoms with van der Waals surface area (Å²) in [6, 6.07) is 19.0. The average Bonchev–Trinajstić information content (AvgIpc) is 2.59. The Hall–Kier alpha value is -2.23. The summed E-state index contributed by atoms with van der Waals surface area (Å²) in [4.78, 5) is 14.2. The molecule has 2 aromatic carbocycles. The van der Waals surface area contributed by atoms with Crippen LogP contribution in [0.2, 0.25) is 0 Å². The fourth-order valence-corrected chi connectivity index (χ4v) is 2.77. The molecule has 0 aliphatic rings. The maximum absolute atomic E-state index is 12.3. The molecule has 4 nitrogen and oxygen atoms in total.